The lowest BCUT2D eigenvalue weighted by Crippen LogP contribution is -2.49. The van der Waals surface area contributed by atoms with Crippen LogP contribution in [0, 0.1) is 13.8 Å². The van der Waals surface area contributed by atoms with Crippen LogP contribution in [0.4, 0.5) is 4.79 Å². The summed E-state index contributed by atoms with van der Waals surface area (Å²) < 4.78 is 9.46. The van der Waals surface area contributed by atoms with E-state index in [1.165, 1.54) is 0 Å². The predicted octanol–water partition coefficient (Wildman–Crippen LogP) is 3.27. The molecule has 0 aliphatic carbocycles. The number of carbonyl (C=O) groups excluding carboxylic acids is 3. The summed E-state index contributed by atoms with van der Waals surface area (Å²) in [7, 11) is 0. The zero-order valence-electron chi connectivity index (χ0n) is 26.3. The van der Waals surface area contributed by atoms with Gasteiger partial charge in [-0.2, -0.15) is 0 Å². The normalized spacial score (nSPS) is 13.4. The van der Waals surface area contributed by atoms with E-state index in [1.54, 1.807) is 20.8 Å². The topological polar surface area (TPSA) is 147 Å². The molecule has 0 saturated carbocycles. The molecule has 3 amide bonds. The van der Waals surface area contributed by atoms with Crippen LogP contribution in [0.25, 0.3) is 11.0 Å². The Morgan fingerprint density at radius 3 is 2.04 bits per heavy atom. The molecule has 0 spiro atoms. The van der Waals surface area contributed by atoms with Crippen molar-refractivity contribution in [2.24, 2.45) is 4.99 Å². The fraction of sp³-hybridized carbons (Fsp3) is 0.353. The number of benzene rings is 3. The van der Waals surface area contributed by atoms with Crippen LogP contribution in [0.2, 0.25) is 0 Å². The molecule has 4 N–H and O–H groups in total. The summed E-state index contributed by atoms with van der Waals surface area (Å²) in [5, 5.41) is 24.0. The summed E-state index contributed by atoms with van der Waals surface area (Å²) in [6, 6.07) is 23.3. The molecule has 0 fully saturated rings. The first kappa shape index (κ1) is 33.2. The number of carbonyl (C=O) groups is 3. The van der Waals surface area contributed by atoms with Crippen molar-refractivity contribution in [3.05, 3.63) is 101 Å². The Hall–Kier alpha value is -4.74. The maximum Gasteiger partial charge on any atom is 0.437 e. The number of nitrogens with zero attached hydrogens (tertiary/aromatic N) is 3. The summed E-state index contributed by atoms with van der Waals surface area (Å²) >= 11 is 0. The number of para-hydroxylation sites is 2. The number of aromatic nitrogens is 2. The number of aryl methyl sites for hydroxylation is 2. The van der Waals surface area contributed by atoms with Gasteiger partial charge >= 0.3 is 6.09 Å². The van der Waals surface area contributed by atoms with Crippen molar-refractivity contribution in [1.29, 1.82) is 0 Å². The number of nitrogens with one attached hydrogen (secondary N) is 2. The van der Waals surface area contributed by atoms with Gasteiger partial charge < -0.3 is 34.7 Å². The lowest BCUT2D eigenvalue weighted by molar-refractivity contribution is -0.138. The molecule has 2 atom stereocenters. The Morgan fingerprint density at radius 2 is 1.47 bits per heavy atom. The molecule has 45 heavy (non-hydrogen) atoms. The van der Waals surface area contributed by atoms with Crippen LogP contribution in [-0.4, -0.2) is 62.2 Å². The summed E-state index contributed by atoms with van der Waals surface area (Å²) in [6.07, 6.45) is -2.19. The van der Waals surface area contributed by atoms with E-state index in [2.05, 4.69) is 10.3 Å². The minimum atomic E-state index is -1.86. The van der Waals surface area contributed by atoms with E-state index >= 15 is 0 Å². The van der Waals surface area contributed by atoms with Gasteiger partial charge in [0.15, 0.2) is 0 Å². The Balaban J connectivity index is 1.88. The lowest BCUT2D eigenvalue weighted by Gasteiger charge is -2.22. The summed E-state index contributed by atoms with van der Waals surface area (Å²) in [4.78, 5) is 42.1. The first-order chi connectivity index (χ1) is 21.3. The molecule has 3 aromatic carbocycles. The number of amides is 3. The summed E-state index contributed by atoms with van der Waals surface area (Å²) in [5.41, 5.74) is 5.32. The number of aliphatic hydroxyl groups is 2. The van der Waals surface area contributed by atoms with Gasteiger partial charge in [-0.15, -0.1) is 4.99 Å². The highest BCUT2D eigenvalue weighted by atomic mass is 16.6. The van der Waals surface area contributed by atoms with Gasteiger partial charge in [-0.05, 0) is 64.3 Å². The van der Waals surface area contributed by atoms with E-state index in [1.807, 2.05) is 101 Å². The highest BCUT2D eigenvalue weighted by molar-refractivity contribution is 5.86. The molecule has 4 rings (SSSR count). The van der Waals surface area contributed by atoms with Gasteiger partial charge in [0.25, 0.3) is 5.91 Å². The van der Waals surface area contributed by atoms with Crippen molar-refractivity contribution >= 4 is 28.9 Å². The van der Waals surface area contributed by atoms with Crippen molar-refractivity contribution in [2.75, 3.05) is 13.2 Å². The van der Waals surface area contributed by atoms with E-state index in [-0.39, 0.29) is 6.54 Å². The molecule has 2 unspecified atom stereocenters. The zero-order valence-corrected chi connectivity index (χ0v) is 26.3. The SMILES string of the molecule is Cc1ccc(CC(CNC(=O)C(O)NC(=O)CO)n2c(=NC(=O)OC(C)(C)C)n(Cc3ccc(C)cc3)c3ccccc32)cc1. The smallest absolute Gasteiger partial charge is 0.437 e. The zero-order chi connectivity index (χ0) is 32.7. The quantitative estimate of drug-likeness (QED) is 0.202. The van der Waals surface area contributed by atoms with Gasteiger partial charge in [-0.3, -0.25) is 9.59 Å². The van der Waals surface area contributed by atoms with Gasteiger partial charge in [0, 0.05) is 6.54 Å². The minimum Gasteiger partial charge on any atom is -0.442 e. The Kier molecular flexibility index (Phi) is 10.6. The largest absolute Gasteiger partial charge is 0.442 e. The van der Waals surface area contributed by atoms with Gasteiger partial charge in [0.2, 0.25) is 17.8 Å². The number of imidazole rings is 1. The Labute approximate surface area is 262 Å². The molecule has 11 nitrogen and oxygen atoms in total. The third kappa shape index (κ3) is 8.90. The van der Waals surface area contributed by atoms with E-state index in [0.717, 1.165) is 33.3 Å². The maximum absolute atomic E-state index is 13.2. The number of hydrogen-bond acceptors (Lipinski definition) is 6. The maximum atomic E-state index is 13.2. The molecular weight excluding hydrogens is 574 g/mol. The summed E-state index contributed by atoms with van der Waals surface area (Å²) in [6.45, 7) is 8.87. The number of ether oxygens (including phenoxy) is 1. The second-order valence-electron chi connectivity index (χ2n) is 12.0. The molecule has 0 aliphatic heterocycles. The van der Waals surface area contributed by atoms with Crippen molar-refractivity contribution in [3.63, 3.8) is 0 Å². The first-order valence-corrected chi connectivity index (χ1v) is 14.8. The second-order valence-corrected chi connectivity index (χ2v) is 12.0. The van der Waals surface area contributed by atoms with Gasteiger partial charge in [-0.1, -0.05) is 71.8 Å². The number of rotatable bonds is 10. The van der Waals surface area contributed by atoms with Gasteiger partial charge in [0.05, 0.1) is 23.6 Å². The molecule has 0 aliphatic rings. The monoisotopic (exact) mass is 615 g/mol. The molecular formula is C34H41N5O6. The Morgan fingerprint density at radius 1 is 0.889 bits per heavy atom. The van der Waals surface area contributed by atoms with Crippen molar-refractivity contribution < 1.29 is 29.3 Å². The number of aliphatic hydroxyl groups excluding tert-OH is 2. The predicted molar refractivity (Wildman–Crippen MR) is 170 cm³/mol. The van der Waals surface area contributed by atoms with Crippen LogP contribution in [-0.2, 0) is 27.3 Å². The lowest BCUT2D eigenvalue weighted by atomic mass is 10.0. The highest BCUT2D eigenvalue weighted by Gasteiger charge is 2.25. The fourth-order valence-electron chi connectivity index (χ4n) is 4.94. The van der Waals surface area contributed by atoms with Crippen LogP contribution in [0.15, 0.2) is 77.8 Å². The van der Waals surface area contributed by atoms with Crippen molar-refractivity contribution in [1.82, 2.24) is 19.8 Å². The van der Waals surface area contributed by atoms with Crippen molar-refractivity contribution in [3.8, 4) is 0 Å². The van der Waals surface area contributed by atoms with Crippen LogP contribution < -0.4 is 16.3 Å². The molecule has 11 heteroatoms. The minimum absolute atomic E-state index is 0.0127. The first-order valence-electron chi connectivity index (χ1n) is 14.8. The number of hydrogen-bond donors (Lipinski definition) is 4. The molecule has 1 heterocycles. The van der Waals surface area contributed by atoms with E-state index in [4.69, 9.17) is 9.84 Å². The van der Waals surface area contributed by atoms with Crippen LogP contribution >= 0.6 is 0 Å². The molecule has 0 bridgehead atoms. The average Bonchev–Trinajstić information content (AvgIpc) is 3.28. The van der Waals surface area contributed by atoms with Gasteiger partial charge in [-0.25, -0.2) is 4.79 Å². The fourth-order valence-corrected chi connectivity index (χ4v) is 4.94. The van der Waals surface area contributed by atoms with Crippen LogP contribution in [0.5, 0.6) is 0 Å². The molecule has 238 valence electrons. The standard InChI is InChI=1S/C34H41N5O6/c1-22-10-14-24(15-11-22)18-26(19-35-30(42)31(43)36-29(41)21-40)39-28-9-7-6-8-27(28)38(20-25-16-12-23(2)13-17-25)32(39)37-33(44)45-34(3,4)5/h6-17,26,31,40,43H,18-21H2,1-5H3,(H,35,42)(H,36,41). The van der Waals surface area contributed by atoms with Crippen LogP contribution in [0.1, 0.15) is 49.1 Å². The molecule has 1 aromatic heterocycles. The second kappa shape index (κ2) is 14.4. The third-order valence-corrected chi connectivity index (χ3v) is 7.09. The average molecular weight is 616 g/mol. The van der Waals surface area contributed by atoms with E-state index in [9.17, 15) is 19.5 Å². The molecule has 0 radical (unpaired) electrons. The Bertz CT molecular complexity index is 1720. The summed E-state index contributed by atoms with van der Waals surface area (Å²) in [5.74, 6) is -1.74. The van der Waals surface area contributed by atoms with E-state index < -0.39 is 42.4 Å². The van der Waals surface area contributed by atoms with Crippen molar-refractivity contribution in [2.45, 2.75) is 65.5 Å². The number of fused-ring (bicyclic) bond motifs is 1. The molecule has 0 saturated heterocycles. The molecule has 4 aromatic rings. The third-order valence-electron chi connectivity index (χ3n) is 7.09. The van der Waals surface area contributed by atoms with E-state index in [0.29, 0.717) is 18.6 Å². The van der Waals surface area contributed by atoms with Crippen LogP contribution in [0.3, 0.4) is 0 Å². The van der Waals surface area contributed by atoms with Gasteiger partial charge in [0.1, 0.15) is 12.2 Å². The highest BCUT2D eigenvalue weighted by Crippen LogP contribution is 2.22.